The molecule has 0 bridgehead atoms. The quantitative estimate of drug-likeness (QED) is 0.544. The van der Waals surface area contributed by atoms with E-state index in [1.54, 1.807) is 0 Å². The lowest BCUT2D eigenvalue weighted by molar-refractivity contribution is -0.138. The SMILES string of the molecule is C[C@@H](Nc1nc(C#CC2(C(F)F)CC2)nc(NC(CF)CF)n1)C(F)(F)F. The third-order valence-electron chi connectivity index (χ3n) is 3.81. The van der Waals surface area contributed by atoms with Crippen molar-refractivity contribution in [1.29, 1.82) is 0 Å². The molecule has 1 saturated carbocycles. The molecule has 0 aliphatic heterocycles. The Morgan fingerprint density at radius 2 is 1.59 bits per heavy atom. The molecule has 150 valence electrons. The molecule has 1 atom stereocenters. The van der Waals surface area contributed by atoms with Crippen LogP contribution < -0.4 is 10.6 Å². The highest BCUT2D eigenvalue weighted by Crippen LogP contribution is 2.50. The van der Waals surface area contributed by atoms with Gasteiger partial charge in [0.25, 0.3) is 6.43 Å². The second-order valence-electron chi connectivity index (χ2n) is 6.07. The summed E-state index contributed by atoms with van der Waals surface area (Å²) in [4.78, 5) is 11.0. The van der Waals surface area contributed by atoms with Crippen molar-refractivity contribution in [3.8, 4) is 11.8 Å². The lowest BCUT2D eigenvalue weighted by Crippen LogP contribution is -2.34. The fourth-order valence-electron chi connectivity index (χ4n) is 1.85. The number of rotatable bonds is 7. The van der Waals surface area contributed by atoms with Crippen molar-refractivity contribution >= 4 is 11.9 Å². The van der Waals surface area contributed by atoms with Gasteiger partial charge < -0.3 is 10.6 Å². The van der Waals surface area contributed by atoms with Gasteiger partial charge in [0.05, 0.1) is 11.5 Å². The normalized spacial score (nSPS) is 16.7. The van der Waals surface area contributed by atoms with Gasteiger partial charge in [-0.15, -0.1) is 0 Å². The maximum absolute atomic E-state index is 12.9. The number of aromatic nitrogens is 3. The molecule has 1 heterocycles. The summed E-state index contributed by atoms with van der Waals surface area (Å²) < 4.78 is 89.2. The monoisotopic (exact) mass is 399 g/mol. The minimum Gasteiger partial charge on any atom is -0.346 e. The summed E-state index contributed by atoms with van der Waals surface area (Å²) in [7, 11) is 0. The number of hydrogen-bond donors (Lipinski definition) is 2. The fourth-order valence-corrected chi connectivity index (χ4v) is 1.85. The predicted octanol–water partition coefficient (Wildman–Crippen LogP) is 3.35. The van der Waals surface area contributed by atoms with E-state index >= 15 is 0 Å². The van der Waals surface area contributed by atoms with E-state index < -0.39 is 61.2 Å². The van der Waals surface area contributed by atoms with Crippen molar-refractivity contribution < 1.29 is 30.7 Å². The average Bonchev–Trinajstić information content (AvgIpc) is 3.38. The highest BCUT2D eigenvalue weighted by molar-refractivity contribution is 5.41. The first kappa shape index (κ1) is 21.0. The molecule has 2 rings (SSSR count). The third kappa shape index (κ3) is 5.58. The van der Waals surface area contributed by atoms with Gasteiger partial charge in [0.2, 0.25) is 17.7 Å². The van der Waals surface area contributed by atoms with E-state index in [9.17, 15) is 30.7 Å². The van der Waals surface area contributed by atoms with E-state index in [0.717, 1.165) is 6.92 Å². The second kappa shape index (κ2) is 8.14. The fraction of sp³-hybridized carbons (Fsp3) is 0.667. The van der Waals surface area contributed by atoms with Crippen LogP contribution in [0.1, 0.15) is 25.6 Å². The second-order valence-corrected chi connectivity index (χ2v) is 6.07. The Hall–Kier alpha value is -2.32. The number of nitrogens with zero attached hydrogens (tertiary/aromatic N) is 3. The van der Waals surface area contributed by atoms with Crippen LogP contribution in [0.5, 0.6) is 0 Å². The molecule has 0 aromatic carbocycles. The minimum absolute atomic E-state index is 0.176. The van der Waals surface area contributed by atoms with Crippen LogP contribution in [0.3, 0.4) is 0 Å². The molecule has 1 aliphatic rings. The van der Waals surface area contributed by atoms with Crippen molar-refractivity contribution in [2.75, 3.05) is 24.0 Å². The van der Waals surface area contributed by atoms with Gasteiger partial charge in [0.1, 0.15) is 19.4 Å². The maximum Gasteiger partial charge on any atom is 0.408 e. The zero-order chi connectivity index (χ0) is 20.2. The number of hydrogen-bond acceptors (Lipinski definition) is 5. The van der Waals surface area contributed by atoms with Crippen LogP contribution in [-0.4, -0.2) is 53.0 Å². The molecular formula is C15H16F7N5. The molecule has 0 amide bonds. The van der Waals surface area contributed by atoms with E-state index in [1.165, 1.54) is 0 Å². The Morgan fingerprint density at radius 1 is 1.04 bits per heavy atom. The molecule has 1 aromatic rings. The number of anilines is 2. The molecule has 1 aliphatic carbocycles. The summed E-state index contributed by atoms with van der Waals surface area (Å²) in [5.74, 6) is 3.24. The minimum atomic E-state index is -4.61. The number of nitrogens with one attached hydrogen (secondary N) is 2. The van der Waals surface area contributed by atoms with Gasteiger partial charge in [-0.3, -0.25) is 0 Å². The van der Waals surface area contributed by atoms with Crippen LogP contribution >= 0.6 is 0 Å². The van der Waals surface area contributed by atoms with Crippen molar-refractivity contribution in [2.45, 2.75) is 44.5 Å². The predicted molar refractivity (Wildman–Crippen MR) is 82.9 cm³/mol. The number of alkyl halides is 7. The van der Waals surface area contributed by atoms with Crippen LogP contribution in [0.2, 0.25) is 0 Å². The molecule has 0 saturated heterocycles. The summed E-state index contributed by atoms with van der Waals surface area (Å²) in [6.07, 6.45) is -6.94. The largest absolute Gasteiger partial charge is 0.408 e. The zero-order valence-electron chi connectivity index (χ0n) is 14.0. The molecule has 0 unspecified atom stereocenters. The lowest BCUT2D eigenvalue weighted by Gasteiger charge is -2.18. The van der Waals surface area contributed by atoms with Gasteiger partial charge in [-0.05, 0) is 25.7 Å². The number of halogens is 7. The first-order valence-corrected chi connectivity index (χ1v) is 7.89. The Kier molecular flexibility index (Phi) is 6.33. The maximum atomic E-state index is 12.9. The Morgan fingerprint density at radius 3 is 2.04 bits per heavy atom. The van der Waals surface area contributed by atoms with E-state index in [2.05, 4.69) is 32.1 Å². The highest BCUT2D eigenvalue weighted by atomic mass is 19.4. The molecular weight excluding hydrogens is 383 g/mol. The summed E-state index contributed by atoms with van der Waals surface area (Å²) >= 11 is 0. The Bertz CT molecular complexity index is 705. The summed E-state index contributed by atoms with van der Waals surface area (Å²) in [6, 6.07) is -3.36. The summed E-state index contributed by atoms with van der Waals surface area (Å²) in [5, 5.41) is 4.23. The van der Waals surface area contributed by atoms with Gasteiger partial charge in [-0.2, -0.15) is 28.1 Å². The van der Waals surface area contributed by atoms with Crippen LogP contribution in [0.25, 0.3) is 0 Å². The van der Waals surface area contributed by atoms with E-state index in [4.69, 9.17) is 0 Å². The lowest BCUT2D eigenvalue weighted by atomic mass is 10.1. The van der Waals surface area contributed by atoms with E-state index in [1.807, 2.05) is 5.32 Å². The molecule has 27 heavy (non-hydrogen) atoms. The molecule has 1 fully saturated rings. The van der Waals surface area contributed by atoms with Crippen LogP contribution in [0, 0.1) is 17.3 Å². The molecule has 1 aromatic heterocycles. The molecule has 0 spiro atoms. The van der Waals surface area contributed by atoms with Crippen LogP contribution in [0.4, 0.5) is 42.6 Å². The van der Waals surface area contributed by atoms with Crippen molar-refractivity contribution in [3.05, 3.63) is 5.82 Å². The van der Waals surface area contributed by atoms with Gasteiger partial charge >= 0.3 is 6.18 Å². The third-order valence-corrected chi connectivity index (χ3v) is 3.81. The van der Waals surface area contributed by atoms with Crippen molar-refractivity contribution in [3.63, 3.8) is 0 Å². The van der Waals surface area contributed by atoms with Crippen molar-refractivity contribution in [2.24, 2.45) is 5.41 Å². The molecule has 5 nitrogen and oxygen atoms in total. The first-order valence-electron chi connectivity index (χ1n) is 7.89. The van der Waals surface area contributed by atoms with Crippen molar-refractivity contribution in [1.82, 2.24) is 15.0 Å². The molecule has 12 heteroatoms. The Labute approximate surface area is 150 Å². The smallest absolute Gasteiger partial charge is 0.346 e. The van der Waals surface area contributed by atoms with E-state index in [-0.39, 0.29) is 12.8 Å². The van der Waals surface area contributed by atoms with Gasteiger partial charge in [0, 0.05) is 0 Å². The highest BCUT2D eigenvalue weighted by Gasteiger charge is 2.50. The van der Waals surface area contributed by atoms with Crippen LogP contribution in [-0.2, 0) is 0 Å². The van der Waals surface area contributed by atoms with Gasteiger partial charge in [0.15, 0.2) is 0 Å². The standard InChI is InChI=1S/C15H16F7N5/c1-8(15(20,21)22)23-12-25-10(2-3-14(4-5-14)11(18)19)26-13(27-12)24-9(6-16)7-17/h8-9,11H,4-7H2,1H3,(H2,23,24,25,26,27)/t8-/m1/s1. The van der Waals surface area contributed by atoms with Crippen LogP contribution in [0.15, 0.2) is 0 Å². The molecule has 2 N–H and O–H groups in total. The zero-order valence-corrected chi connectivity index (χ0v) is 14.0. The van der Waals surface area contributed by atoms with E-state index in [0.29, 0.717) is 0 Å². The Balaban J connectivity index is 2.32. The first-order chi connectivity index (χ1) is 12.6. The summed E-state index contributed by atoms with van der Waals surface area (Å²) in [6.45, 7) is -1.44. The topological polar surface area (TPSA) is 62.7 Å². The average molecular weight is 399 g/mol. The summed E-state index contributed by atoms with van der Waals surface area (Å²) in [5.41, 5.74) is -1.48. The molecule has 0 radical (unpaired) electrons. The van der Waals surface area contributed by atoms with Gasteiger partial charge in [-0.1, -0.05) is 5.92 Å². The van der Waals surface area contributed by atoms with Gasteiger partial charge in [-0.25, -0.2) is 17.6 Å².